The molecule has 1 saturated carbocycles. The molecule has 1 spiro atoms. The molecule has 3 fully saturated rings. The molecule has 2 N–H and O–H groups in total. The van der Waals surface area contributed by atoms with E-state index in [0.29, 0.717) is 19.4 Å². The fourth-order valence-electron chi connectivity index (χ4n) is 3.99. The maximum Gasteiger partial charge on any atom is 0.155 e. The fourth-order valence-corrected chi connectivity index (χ4v) is 3.99. The molecule has 0 aromatic heterocycles. The van der Waals surface area contributed by atoms with Crippen molar-refractivity contribution in [3.8, 4) is 0 Å². The van der Waals surface area contributed by atoms with E-state index < -0.39 is 29.0 Å². The number of allylic oxidation sites excluding steroid dienone is 1. The van der Waals surface area contributed by atoms with E-state index in [2.05, 4.69) is 6.08 Å². The minimum absolute atomic E-state index is 0.0681. The molecule has 3 rings (SSSR count). The van der Waals surface area contributed by atoms with Gasteiger partial charge in [0, 0.05) is 7.11 Å². The quantitative estimate of drug-likeness (QED) is 0.602. The minimum Gasteiger partial charge on any atom is -0.390 e. The van der Waals surface area contributed by atoms with Gasteiger partial charge in [0.25, 0.3) is 0 Å². The van der Waals surface area contributed by atoms with Crippen LogP contribution in [0.3, 0.4) is 0 Å². The number of epoxide rings is 2. The lowest BCUT2D eigenvalue weighted by molar-refractivity contribution is -0.224. The second kappa shape index (κ2) is 4.77. The third-order valence-corrected chi connectivity index (χ3v) is 5.49. The SMILES string of the molecule is CO[C@@H]1[C@H](O)CC[C@]2(CO2)[C@@]1(O)[C@]1(C)OC1CC=C(C)C. The molecule has 0 bridgehead atoms. The summed E-state index contributed by atoms with van der Waals surface area (Å²) in [7, 11) is 1.52. The normalized spacial score (nSPS) is 51.8. The molecule has 3 aliphatic rings. The number of hydrogen-bond acceptors (Lipinski definition) is 5. The van der Waals surface area contributed by atoms with Gasteiger partial charge in [0.05, 0.1) is 18.8 Å². The van der Waals surface area contributed by atoms with E-state index in [1.165, 1.54) is 12.7 Å². The van der Waals surface area contributed by atoms with Crippen molar-refractivity contribution < 1.29 is 24.4 Å². The van der Waals surface area contributed by atoms with Gasteiger partial charge in [-0.2, -0.15) is 0 Å². The average Bonchev–Trinajstić information content (AvgIpc) is 3.31. The van der Waals surface area contributed by atoms with E-state index >= 15 is 0 Å². The Morgan fingerprint density at radius 3 is 2.62 bits per heavy atom. The van der Waals surface area contributed by atoms with Gasteiger partial charge < -0.3 is 24.4 Å². The van der Waals surface area contributed by atoms with Crippen LogP contribution in [0.25, 0.3) is 0 Å². The van der Waals surface area contributed by atoms with Crippen LogP contribution in [0.4, 0.5) is 0 Å². The first-order chi connectivity index (χ1) is 9.81. The summed E-state index contributed by atoms with van der Waals surface area (Å²) in [6.45, 7) is 6.50. The zero-order valence-electron chi connectivity index (χ0n) is 13.3. The maximum atomic E-state index is 11.5. The Balaban J connectivity index is 1.88. The smallest absolute Gasteiger partial charge is 0.155 e. The van der Waals surface area contributed by atoms with Crippen molar-refractivity contribution in [2.75, 3.05) is 13.7 Å². The lowest BCUT2D eigenvalue weighted by Crippen LogP contribution is -2.70. The molecule has 2 saturated heterocycles. The molecule has 0 radical (unpaired) electrons. The first-order valence-electron chi connectivity index (χ1n) is 7.69. The van der Waals surface area contributed by atoms with Gasteiger partial charge in [0.1, 0.15) is 17.3 Å². The van der Waals surface area contributed by atoms with Crippen molar-refractivity contribution in [3.05, 3.63) is 11.6 Å². The number of methoxy groups -OCH3 is 1. The molecular weight excluding hydrogens is 272 g/mol. The number of ether oxygens (including phenoxy) is 3. The van der Waals surface area contributed by atoms with Gasteiger partial charge in [-0.3, -0.25) is 0 Å². The Morgan fingerprint density at radius 1 is 1.43 bits per heavy atom. The molecule has 2 aliphatic heterocycles. The summed E-state index contributed by atoms with van der Waals surface area (Å²) in [6, 6.07) is 0. The highest BCUT2D eigenvalue weighted by Crippen LogP contribution is 2.61. The zero-order valence-corrected chi connectivity index (χ0v) is 13.3. The van der Waals surface area contributed by atoms with E-state index in [4.69, 9.17) is 14.2 Å². The Hall–Kier alpha value is -0.460. The van der Waals surface area contributed by atoms with Gasteiger partial charge in [0.15, 0.2) is 5.60 Å². The summed E-state index contributed by atoms with van der Waals surface area (Å²) >= 11 is 0. The standard InChI is InChI=1S/C16H26O5/c1-10(2)5-6-12-14(3,21-12)16(18)13(19-4)11(17)7-8-15(16)9-20-15/h5,11-13,17-18H,6-9H2,1-4H3/t11-,12?,13-,14-,15+,16+/m1/s1. The van der Waals surface area contributed by atoms with Crippen molar-refractivity contribution in [2.45, 2.75) is 75.1 Å². The molecule has 1 aliphatic carbocycles. The monoisotopic (exact) mass is 298 g/mol. The third-order valence-electron chi connectivity index (χ3n) is 5.49. The molecule has 1 unspecified atom stereocenters. The second-order valence-corrected chi connectivity index (χ2v) is 7.04. The average molecular weight is 298 g/mol. The van der Waals surface area contributed by atoms with Gasteiger partial charge in [-0.05, 0) is 40.0 Å². The van der Waals surface area contributed by atoms with Crippen molar-refractivity contribution in [1.82, 2.24) is 0 Å². The lowest BCUT2D eigenvalue weighted by atomic mass is 9.64. The Bertz CT molecular complexity index is 454. The van der Waals surface area contributed by atoms with Gasteiger partial charge in [-0.15, -0.1) is 0 Å². The van der Waals surface area contributed by atoms with Crippen molar-refractivity contribution in [1.29, 1.82) is 0 Å². The molecule has 6 atom stereocenters. The minimum atomic E-state index is -1.31. The highest BCUT2D eigenvalue weighted by atomic mass is 16.7. The van der Waals surface area contributed by atoms with Crippen LogP contribution in [-0.4, -0.2) is 59.0 Å². The number of aliphatic hydroxyl groups excluding tert-OH is 1. The van der Waals surface area contributed by atoms with Crippen LogP contribution in [0.15, 0.2) is 11.6 Å². The van der Waals surface area contributed by atoms with Crippen molar-refractivity contribution in [2.24, 2.45) is 0 Å². The van der Waals surface area contributed by atoms with Crippen LogP contribution < -0.4 is 0 Å². The van der Waals surface area contributed by atoms with Crippen LogP contribution in [0, 0.1) is 0 Å². The highest BCUT2D eigenvalue weighted by molar-refractivity contribution is 5.30. The first-order valence-corrected chi connectivity index (χ1v) is 7.69. The molecule has 0 amide bonds. The predicted molar refractivity (Wildman–Crippen MR) is 77.0 cm³/mol. The summed E-state index contributed by atoms with van der Waals surface area (Å²) < 4.78 is 17.0. The maximum absolute atomic E-state index is 11.5. The van der Waals surface area contributed by atoms with Gasteiger partial charge in [-0.25, -0.2) is 0 Å². The fraction of sp³-hybridized carbons (Fsp3) is 0.875. The Labute approximate surface area is 125 Å². The molecule has 2 heterocycles. The molecule has 21 heavy (non-hydrogen) atoms. The first kappa shape index (κ1) is 15.4. The van der Waals surface area contributed by atoms with Crippen LogP contribution in [0.5, 0.6) is 0 Å². The topological polar surface area (TPSA) is 74.8 Å². The summed E-state index contributed by atoms with van der Waals surface area (Å²) in [4.78, 5) is 0. The van der Waals surface area contributed by atoms with E-state index in [0.717, 1.165) is 6.42 Å². The lowest BCUT2D eigenvalue weighted by Gasteiger charge is -2.48. The number of rotatable bonds is 4. The van der Waals surface area contributed by atoms with E-state index in [1.807, 2.05) is 20.8 Å². The summed E-state index contributed by atoms with van der Waals surface area (Å²) in [6.07, 6.45) is 2.63. The largest absolute Gasteiger partial charge is 0.390 e. The third kappa shape index (κ3) is 2.02. The van der Waals surface area contributed by atoms with Crippen LogP contribution in [0.2, 0.25) is 0 Å². The van der Waals surface area contributed by atoms with Crippen molar-refractivity contribution in [3.63, 3.8) is 0 Å². The van der Waals surface area contributed by atoms with Gasteiger partial charge in [-0.1, -0.05) is 11.6 Å². The number of aliphatic hydroxyl groups is 2. The molecule has 5 nitrogen and oxygen atoms in total. The Morgan fingerprint density at radius 2 is 2.10 bits per heavy atom. The molecule has 120 valence electrons. The summed E-state index contributed by atoms with van der Waals surface area (Å²) in [5.74, 6) is 0. The van der Waals surface area contributed by atoms with E-state index in [9.17, 15) is 10.2 Å². The highest BCUT2D eigenvalue weighted by Gasteiger charge is 2.81. The number of hydrogen-bond donors (Lipinski definition) is 2. The van der Waals surface area contributed by atoms with Crippen LogP contribution in [0.1, 0.15) is 40.0 Å². The van der Waals surface area contributed by atoms with Crippen molar-refractivity contribution >= 4 is 0 Å². The second-order valence-electron chi connectivity index (χ2n) is 7.04. The molecular formula is C16H26O5. The summed E-state index contributed by atoms with van der Waals surface area (Å²) in [5, 5.41) is 21.7. The predicted octanol–water partition coefficient (Wildman–Crippen LogP) is 1.17. The van der Waals surface area contributed by atoms with Gasteiger partial charge >= 0.3 is 0 Å². The van der Waals surface area contributed by atoms with E-state index in [-0.39, 0.29) is 6.10 Å². The van der Waals surface area contributed by atoms with Gasteiger partial charge in [0.2, 0.25) is 0 Å². The zero-order chi connectivity index (χ0) is 15.5. The van der Waals surface area contributed by atoms with E-state index in [1.54, 1.807) is 0 Å². The summed E-state index contributed by atoms with van der Waals surface area (Å²) in [5.41, 5.74) is -1.45. The molecule has 0 aromatic carbocycles. The van der Waals surface area contributed by atoms with Crippen LogP contribution in [-0.2, 0) is 14.2 Å². The van der Waals surface area contributed by atoms with Crippen LogP contribution >= 0.6 is 0 Å². The molecule has 5 heteroatoms. The molecule has 0 aromatic rings. The Kier molecular flexibility index (Phi) is 3.50.